The van der Waals surface area contributed by atoms with Gasteiger partial charge in [-0.3, -0.25) is 14.5 Å². The average molecular weight is 621 g/mol. The first-order valence-electron chi connectivity index (χ1n) is 16.2. The number of phenolic OH excluding ortho intramolecular Hbond substituents is 1. The summed E-state index contributed by atoms with van der Waals surface area (Å²) in [6.45, 7) is 2.47. The number of carbonyl (C=O) groups excluding carboxylic acids is 2. The Hall–Kier alpha value is -4.18. The van der Waals surface area contributed by atoms with Crippen LogP contribution in [0.15, 0.2) is 95.6 Å². The summed E-state index contributed by atoms with van der Waals surface area (Å²) in [5.74, 6) is -1.60. The third kappa shape index (κ3) is 6.68. The highest BCUT2D eigenvalue weighted by Gasteiger charge is 2.57. The molecule has 0 aromatic heterocycles. The van der Waals surface area contributed by atoms with Crippen LogP contribution in [0.5, 0.6) is 5.75 Å². The zero-order valence-corrected chi connectivity index (χ0v) is 26.4. The highest BCUT2D eigenvalue weighted by atomic mass is 16.5. The van der Waals surface area contributed by atoms with Gasteiger partial charge in [0.2, 0.25) is 11.8 Å². The van der Waals surface area contributed by atoms with Crippen LogP contribution in [-0.4, -0.2) is 48.9 Å². The van der Waals surface area contributed by atoms with Gasteiger partial charge in [-0.1, -0.05) is 55.3 Å². The van der Waals surface area contributed by atoms with E-state index < -0.39 is 25.1 Å². The van der Waals surface area contributed by atoms with Gasteiger partial charge < -0.3 is 24.8 Å². The molecule has 2 fully saturated rings. The van der Waals surface area contributed by atoms with Crippen molar-refractivity contribution in [3.8, 4) is 5.75 Å². The second kappa shape index (κ2) is 14.1. The van der Waals surface area contributed by atoms with Gasteiger partial charge >= 0.3 is 7.12 Å². The van der Waals surface area contributed by atoms with E-state index in [2.05, 4.69) is 18.3 Å². The van der Waals surface area contributed by atoms with Crippen molar-refractivity contribution in [2.45, 2.75) is 51.5 Å². The van der Waals surface area contributed by atoms with Crippen molar-refractivity contribution < 1.29 is 29.1 Å². The molecule has 6 rings (SSSR count). The van der Waals surface area contributed by atoms with Crippen LogP contribution in [0.4, 0.5) is 17.1 Å². The number of imide groups is 1. The number of rotatable bonds is 11. The van der Waals surface area contributed by atoms with Crippen molar-refractivity contribution in [1.82, 2.24) is 0 Å². The van der Waals surface area contributed by atoms with Crippen LogP contribution >= 0.6 is 0 Å². The Bertz CT molecular complexity index is 1620. The Morgan fingerprint density at radius 2 is 1.76 bits per heavy atom. The predicted molar refractivity (Wildman–Crippen MR) is 181 cm³/mol. The van der Waals surface area contributed by atoms with E-state index in [9.17, 15) is 19.7 Å². The summed E-state index contributed by atoms with van der Waals surface area (Å²) in [4.78, 5) is 29.4. The SMILES string of the molecule is CCC/C(=C\c1cccc(O)c1)CC[C@H]1OB(O)C[C@H]2C1=C(COC)C[C@H]1C(=O)N(c3ccc(Nc4ccccc4)cc3)C(=O)[C@H]12. The summed E-state index contributed by atoms with van der Waals surface area (Å²) in [7, 11) is 0.602. The molecule has 3 N–H and O–H groups in total. The van der Waals surface area contributed by atoms with E-state index in [0.717, 1.165) is 47.3 Å². The lowest BCUT2D eigenvalue weighted by atomic mass is 9.58. The standard InChI is InChI=1S/C37H41BN2O6/c1-3-8-24(19-25-9-7-12-30(41)20-25)13-18-33-34-26(23-45-2)21-31-35(32(34)22-38(44)46-33)37(43)40(36(31)42)29-16-14-28(15-17-29)39-27-10-5-4-6-11-27/h4-7,9-12,14-17,19-20,31-33,35,39,41,44H,3,8,13,18,21-23H2,1-2H3/b24-19+/t31-,32+,33-,35-/m1/s1. The maximum Gasteiger partial charge on any atom is 0.455 e. The number of benzene rings is 3. The van der Waals surface area contributed by atoms with Gasteiger partial charge in [-0.25, -0.2) is 0 Å². The molecule has 0 spiro atoms. The topological polar surface area (TPSA) is 108 Å². The third-order valence-corrected chi connectivity index (χ3v) is 9.35. The van der Waals surface area contributed by atoms with Gasteiger partial charge in [-0.05, 0) is 103 Å². The van der Waals surface area contributed by atoms with Crippen molar-refractivity contribution in [2.24, 2.45) is 17.8 Å². The van der Waals surface area contributed by atoms with Crippen molar-refractivity contribution in [2.75, 3.05) is 23.9 Å². The molecule has 3 aliphatic rings. The van der Waals surface area contributed by atoms with Crippen LogP contribution in [0.3, 0.4) is 0 Å². The van der Waals surface area contributed by atoms with Crippen LogP contribution < -0.4 is 10.2 Å². The number of para-hydroxylation sites is 1. The normalized spacial score (nSPS) is 23.1. The number of phenols is 1. The number of aromatic hydroxyl groups is 1. The van der Waals surface area contributed by atoms with Gasteiger partial charge in [0.25, 0.3) is 0 Å². The average Bonchev–Trinajstić information content (AvgIpc) is 3.29. The first-order chi connectivity index (χ1) is 22.4. The molecule has 1 aliphatic carbocycles. The highest BCUT2D eigenvalue weighted by molar-refractivity contribution is 6.43. The minimum absolute atomic E-state index is 0.205. The lowest BCUT2D eigenvalue weighted by molar-refractivity contribution is -0.122. The monoisotopic (exact) mass is 620 g/mol. The second-order valence-corrected chi connectivity index (χ2v) is 12.5. The number of methoxy groups -OCH3 is 1. The summed E-state index contributed by atoms with van der Waals surface area (Å²) >= 11 is 0. The molecule has 9 heteroatoms. The number of carbonyl (C=O) groups is 2. The number of ether oxygens (including phenoxy) is 1. The second-order valence-electron chi connectivity index (χ2n) is 12.5. The number of anilines is 3. The lowest BCUT2D eigenvalue weighted by Gasteiger charge is -2.43. The minimum atomic E-state index is -1.04. The molecule has 2 aliphatic heterocycles. The summed E-state index contributed by atoms with van der Waals surface area (Å²) in [6.07, 6.45) is 5.62. The van der Waals surface area contributed by atoms with E-state index in [0.29, 0.717) is 25.1 Å². The fourth-order valence-corrected chi connectivity index (χ4v) is 7.46. The van der Waals surface area contributed by atoms with Crippen LogP contribution in [0.25, 0.3) is 6.08 Å². The van der Waals surface area contributed by atoms with E-state index in [1.54, 1.807) is 31.4 Å². The quantitative estimate of drug-likeness (QED) is 0.124. The van der Waals surface area contributed by atoms with E-state index in [1.807, 2.05) is 54.6 Å². The number of fused-ring (bicyclic) bond motifs is 3. The molecule has 0 unspecified atom stereocenters. The smallest absolute Gasteiger partial charge is 0.455 e. The van der Waals surface area contributed by atoms with Gasteiger partial charge in [-0.2, -0.15) is 0 Å². The maximum atomic E-state index is 14.1. The van der Waals surface area contributed by atoms with Crippen molar-refractivity contribution in [3.05, 3.63) is 101 Å². The molecular formula is C37H41BN2O6. The number of amides is 2. The van der Waals surface area contributed by atoms with Crippen LogP contribution in [0.2, 0.25) is 6.32 Å². The first kappa shape index (κ1) is 31.8. The first-order valence-corrected chi connectivity index (χ1v) is 16.2. The Labute approximate surface area is 270 Å². The zero-order chi connectivity index (χ0) is 32.2. The van der Waals surface area contributed by atoms with E-state index in [1.165, 1.54) is 10.5 Å². The fourth-order valence-electron chi connectivity index (χ4n) is 7.46. The summed E-state index contributed by atoms with van der Waals surface area (Å²) in [6, 6.07) is 24.4. The van der Waals surface area contributed by atoms with Gasteiger partial charge in [0.15, 0.2) is 0 Å². The molecule has 0 bridgehead atoms. The lowest BCUT2D eigenvalue weighted by Crippen LogP contribution is -2.46. The molecule has 0 radical (unpaired) electrons. The Balaban J connectivity index is 1.24. The third-order valence-electron chi connectivity index (χ3n) is 9.35. The molecular weight excluding hydrogens is 579 g/mol. The van der Waals surface area contributed by atoms with Gasteiger partial charge in [0.1, 0.15) is 5.75 Å². The Morgan fingerprint density at radius 1 is 1.00 bits per heavy atom. The fraction of sp³-hybridized carbons (Fsp3) is 0.351. The number of nitrogens with one attached hydrogen (secondary N) is 1. The molecule has 2 amide bonds. The molecule has 46 heavy (non-hydrogen) atoms. The number of hydrogen-bond acceptors (Lipinski definition) is 7. The molecule has 0 saturated carbocycles. The van der Waals surface area contributed by atoms with Crippen molar-refractivity contribution >= 4 is 42.1 Å². The van der Waals surface area contributed by atoms with Crippen LogP contribution in [0.1, 0.15) is 44.6 Å². The van der Waals surface area contributed by atoms with E-state index in [4.69, 9.17) is 9.39 Å². The predicted octanol–water partition coefficient (Wildman–Crippen LogP) is 6.75. The largest absolute Gasteiger partial charge is 0.508 e. The van der Waals surface area contributed by atoms with Gasteiger partial charge in [-0.15, -0.1) is 0 Å². The number of hydrogen-bond donors (Lipinski definition) is 3. The molecule has 3 aromatic carbocycles. The zero-order valence-electron chi connectivity index (χ0n) is 26.4. The summed E-state index contributed by atoms with van der Waals surface area (Å²) < 4.78 is 11.8. The molecule has 2 heterocycles. The highest BCUT2D eigenvalue weighted by Crippen LogP contribution is 2.51. The number of allylic oxidation sites excluding steroid dienone is 1. The Kier molecular flexibility index (Phi) is 9.73. The van der Waals surface area contributed by atoms with E-state index >= 15 is 0 Å². The summed E-state index contributed by atoms with van der Waals surface area (Å²) in [5, 5.41) is 24.2. The number of nitrogens with zero attached hydrogens (tertiary/aromatic N) is 1. The van der Waals surface area contributed by atoms with Crippen molar-refractivity contribution in [1.29, 1.82) is 0 Å². The van der Waals surface area contributed by atoms with Gasteiger partial charge in [0, 0.05) is 18.5 Å². The molecule has 238 valence electrons. The molecule has 4 atom stereocenters. The van der Waals surface area contributed by atoms with E-state index in [-0.39, 0.29) is 29.8 Å². The maximum absolute atomic E-state index is 14.1. The van der Waals surface area contributed by atoms with Crippen LogP contribution in [-0.2, 0) is 19.0 Å². The van der Waals surface area contributed by atoms with Gasteiger partial charge in [0.05, 0.1) is 30.2 Å². The molecule has 8 nitrogen and oxygen atoms in total. The van der Waals surface area contributed by atoms with Crippen molar-refractivity contribution in [3.63, 3.8) is 0 Å². The summed E-state index contributed by atoms with van der Waals surface area (Å²) in [5.41, 5.74) is 6.50. The Morgan fingerprint density at radius 3 is 2.48 bits per heavy atom. The molecule has 2 saturated heterocycles. The molecule has 3 aromatic rings. The minimum Gasteiger partial charge on any atom is -0.508 e. The van der Waals surface area contributed by atoms with Crippen LogP contribution in [0, 0.1) is 17.8 Å².